The lowest BCUT2D eigenvalue weighted by Gasteiger charge is -2.10. The lowest BCUT2D eigenvalue weighted by molar-refractivity contribution is -0.147. The van der Waals surface area contributed by atoms with Crippen LogP contribution in [0.15, 0.2) is 18.2 Å². The van der Waals surface area contributed by atoms with Crippen LogP contribution in [0.5, 0.6) is 5.75 Å². The molecule has 0 radical (unpaired) electrons. The molecule has 0 saturated carbocycles. The minimum atomic E-state index is -1.46. The van der Waals surface area contributed by atoms with Crippen molar-refractivity contribution in [3.63, 3.8) is 0 Å². The van der Waals surface area contributed by atoms with E-state index in [0.29, 0.717) is 5.75 Å². The first-order valence-corrected chi connectivity index (χ1v) is 6.27. The molecule has 6 nitrogen and oxygen atoms in total. The van der Waals surface area contributed by atoms with Crippen LogP contribution >= 0.6 is 0 Å². The van der Waals surface area contributed by atoms with Gasteiger partial charge in [0.2, 0.25) is 0 Å². The maximum atomic E-state index is 11.5. The van der Waals surface area contributed by atoms with E-state index in [1.54, 1.807) is 6.07 Å². The predicted octanol–water partition coefficient (Wildman–Crippen LogP) is 0.634. The summed E-state index contributed by atoms with van der Waals surface area (Å²) in [6.45, 7) is 3.80. The SMILES string of the molecule is Cc1ccc(OCC(=O)NCC[C@H](O)C(=O)O)c(C)c1. The number of rotatable bonds is 7. The number of benzene rings is 1. The lowest BCUT2D eigenvalue weighted by Crippen LogP contribution is -2.33. The summed E-state index contributed by atoms with van der Waals surface area (Å²) in [6.07, 6.45) is -1.50. The first-order valence-electron chi connectivity index (χ1n) is 6.27. The summed E-state index contributed by atoms with van der Waals surface area (Å²) in [5.41, 5.74) is 2.06. The number of aliphatic hydroxyl groups is 1. The van der Waals surface area contributed by atoms with Crippen molar-refractivity contribution >= 4 is 11.9 Å². The summed E-state index contributed by atoms with van der Waals surface area (Å²) in [5, 5.41) is 20.0. The number of carboxylic acid groups (broad SMARTS) is 1. The fourth-order valence-corrected chi connectivity index (χ4v) is 1.63. The van der Waals surface area contributed by atoms with Gasteiger partial charge in [-0.3, -0.25) is 4.79 Å². The number of carbonyl (C=O) groups excluding carboxylic acids is 1. The molecule has 3 N–H and O–H groups in total. The number of carbonyl (C=O) groups is 2. The number of ether oxygens (including phenoxy) is 1. The Labute approximate surface area is 117 Å². The van der Waals surface area contributed by atoms with Crippen molar-refractivity contribution in [1.82, 2.24) is 5.32 Å². The van der Waals surface area contributed by atoms with Gasteiger partial charge in [0.15, 0.2) is 12.7 Å². The van der Waals surface area contributed by atoms with Gasteiger partial charge in [-0.2, -0.15) is 0 Å². The Hall–Kier alpha value is -2.08. The summed E-state index contributed by atoms with van der Waals surface area (Å²) >= 11 is 0. The Balaban J connectivity index is 2.31. The molecule has 20 heavy (non-hydrogen) atoms. The second kappa shape index (κ2) is 7.49. The molecule has 110 valence electrons. The van der Waals surface area contributed by atoms with Gasteiger partial charge >= 0.3 is 5.97 Å². The molecule has 0 aliphatic carbocycles. The topological polar surface area (TPSA) is 95.9 Å². The lowest BCUT2D eigenvalue weighted by atomic mass is 10.1. The highest BCUT2D eigenvalue weighted by molar-refractivity contribution is 5.77. The molecule has 1 atom stereocenters. The highest BCUT2D eigenvalue weighted by Crippen LogP contribution is 2.18. The van der Waals surface area contributed by atoms with Gasteiger partial charge in [0, 0.05) is 13.0 Å². The molecular formula is C14H19NO5. The maximum absolute atomic E-state index is 11.5. The van der Waals surface area contributed by atoms with Crippen LogP contribution in [0, 0.1) is 13.8 Å². The number of nitrogens with one attached hydrogen (secondary N) is 1. The first kappa shape index (κ1) is 16.0. The molecule has 0 spiro atoms. The second-order valence-corrected chi connectivity index (χ2v) is 4.55. The van der Waals surface area contributed by atoms with Gasteiger partial charge in [-0.1, -0.05) is 17.7 Å². The van der Waals surface area contributed by atoms with E-state index in [4.69, 9.17) is 14.9 Å². The van der Waals surface area contributed by atoms with Crippen LogP contribution in [0.4, 0.5) is 0 Å². The smallest absolute Gasteiger partial charge is 0.332 e. The fraction of sp³-hybridized carbons (Fsp3) is 0.429. The van der Waals surface area contributed by atoms with Crippen LogP contribution in [-0.4, -0.2) is 41.3 Å². The first-order chi connectivity index (χ1) is 9.40. The van der Waals surface area contributed by atoms with Crippen molar-refractivity contribution in [2.45, 2.75) is 26.4 Å². The van der Waals surface area contributed by atoms with Gasteiger partial charge in [-0.05, 0) is 25.5 Å². The van der Waals surface area contributed by atoms with Crippen molar-refractivity contribution in [3.05, 3.63) is 29.3 Å². The Kier molecular flexibility index (Phi) is 5.99. The van der Waals surface area contributed by atoms with E-state index in [2.05, 4.69) is 5.32 Å². The molecule has 0 aromatic heterocycles. The average Bonchev–Trinajstić information content (AvgIpc) is 2.37. The van der Waals surface area contributed by atoms with Crippen molar-refractivity contribution in [2.75, 3.05) is 13.2 Å². The molecule has 0 aliphatic heterocycles. The van der Waals surface area contributed by atoms with Crippen LogP contribution in [-0.2, 0) is 9.59 Å². The molecular weight excluding hydrogens is 262 g/mol. The number of hydrogen-bond acceptors (Lipinski definition) is 4. The Bertz CT molecular complexity index is 486. The summed E-state index contributed by atoms with van der Waals surface area (Å²) in [4.78, 5) is 21.8. The zero-order valence-electron chi connectivity index (χ0n) is 11.5. The summed E-state index contributed by atoms with van der Waals surface area (Å²) in [5.74, 6) is -1.02. The molecule has 6 heteroatoms. The third-order valence-electron chi connectivity index (χ3n) is 2.71. The van der Waals surface area contributed by atoms with Gasteiger partial charge in [0.05, 0.1) is 0 Å². The quantitative estimate of drug-likeness (QED) is 0.681. The van der Waals surface area contributed by atoms with Crippen molar-refractivity contribution in [1.29, 1.82) is 0 Å². The van der Waals surface area contributed by atoms with E-state index in [-0.39, 0.29) is 25.5 Å². The summed E-state index contributed by atoms with van der Waals surface area (Å²) < 4.78 is 5.37. The number of amides is 1. The maximum Gasteiger partial charge on any atom is 0.332 e. The molecule has 0 heterocycles. The largest absolute Gasteiger partial charge is 0.484 e. The third kappa shape index (κ3) is 5.27. The van der Waals surface area contributed by atoms with E-state index in [1.807, 2.05) is 26.0 Å². The van der Waals surface area contributed by atoms with Crippen LogP contribution in [0.3, 0.4) is 0 Å². The molecule has 0 aliphatic rings. The summed E-state index contributed by atoms with van der Waals surface area (Å²) in [6, 6.07) is 5.64. The van der Waals surface area contributed by atoms with Crippen LogP contribution < -0.4 is 10.1 Å². The molecule has 0 bridgehead atoms. The van der Waals surface area contributed by atoms with Gasteiger partial charge in [0.1, 0.15) is 5.75 Å². The van der Waals surface area contributed by atoms with E-state index in [9.17, 15) is 9.59 Å². The van der Waals surface area contributed by atoms with Crippen LogP contribution in [0.2, 0.25) is 0 Å². The highest BCUT2D eigenvalue weighted by atomic mass is 16.5. The zero-order chi connectivity index (χ0) is 15.1. The molecule has 1 rings (SSSR count). The van der Waals surface area contributed by atoms with Gasteiger partial charge in [-0.25, -0.2) is 4.79 Å². The minimum absolute atomic E-state index is 0.0371. The number of hydrogen-bond donors (Lipinski definition) is 3. The van der Waals surface area contributed by atoms with E-state index >= 15 is 0 Å². The molecule has 1 aromatic carbocycles. The molecule has 1 amide bonds. The van der Waals surface area contributed by atoms with Gasteiger partial charge < -0.3 is 20.3 Å². The predicted molar refractivity (Wildman–Crippen MR) is 72.7 cm³/mol. The zero-order valence-corrected chi connectivity index (χ0v) is 11.5. The molecule has 0 saturated heterocycles. The van der Waals surface area contributed by atoms with Crippen molar-refractivity contribution in [3.8, 4) is 5.75 Å². The number of aliphatic hydroxyl groups excluding tert-OH is 1. The second-order valence-electron chi connectivity index (χ2n) is 4.55. The van der Waals surface area contributed by atoms with E-state index < -0.39 is 12.1 Å². The molecule has 0 unspecified atom stereocenters. The number of aliphatic carboxylic acids is 1. The Morgan fingerprint density at radius 2 is 2.05 bits per heavy atom. The van der Waals surface area contributed by atoms with E-state index in [0.717, 1.165) is 11.1 Å². The molecule has 1 aromatic rings. The molecule has 0 fully saturated rings. The fourth-order valence-electron chi connectivity index (χ4n) is 1.63. The Morgan fingerprint density at radius 3 is 2.65 bits per heavy atom. The van der Waals surface area contributed by atoms with Gasteiger partial charge in [-0.15, -0.1) is 0 Å². The standard InChI is InChI=1S/C14H19NO5/c1-9-3-4-12(10(2)7-9)20-8-13(17)15-6-5-11(16)14(18)19/h3-4,7,11,16H,5-6,8H2,1-2H3,(H,15,17)(H,18,19)/t11-/m0/s1. The summed E-state index contributed by atoms with van der Waals surface area (Å²) in [7, 11) is 0. The monoisotopic (exact) mass is 281 g/mol. The average molecular weight is 281 g/mol. The normalized spacial score (nSPS) is 11.8. The highest BCUT2D eigenvalue weighted by Gasteiger charge is 2.13. The van der Waals surface area contributed by atoms with Gasteiger partial charge in [0.25, 0.3) is 5.91 Å². The number of aryl methyl sites for hydroxylation is 2. The number of carboxylic acids is 1. The van der Waals surface area contributed by atoms with Crippen LogP contribution in [0.25, 0.3) is 0 Å². The van der Waals surface area contributed by atoms with Crippen LogP contribution in [0.1, 0.15) is 17.5 Å². The van der Waals surface area contributed by atoms with E-state index in [1.165, 1.54) is 0 Å². The Morgan fingerprint density at radius 1 is 1.35 bits per heavy atom. The van der Waals surface area contributed by atoms with Crippen molar-refractivity contribution < 1.29 is 24.5 Å². The van der Waals surface area contributed by atoms with Crippen molar-refractivity contribution in [2.24, 2.45) is 0 Å². The minimum Gasteiger partial charge on any atom is -0.484 e. The third-order valence-corrected chi connectivity index (χ3v) is 2.71.